The van der Waals surface area contributed by atoms with E-state index in [1.807, 2.05) is 0 Å². The lowest BCUT2D eigenvalue weighted by molar-refractivity contribution is -1.05. The van der Waals surface area contributed by atoms with Gasteiger partial charge in [-0.15, -0.1) is 0 Å². The van der Waals surface area contributed by atoms with E-state index in [9.17, 15) is 5.21 Å². The van der Waals surface area contributed by atoms with Crippen LogP contribution in [0, 0.1) is 5.21 Å². The normalized spacial score (nSPS) is 18.0. The number of hydrogen-bond donors (Lipinski definition) is 3. The summed E-state index contributed by atoms with van der Waals surface area (Å²) >= 11 is 0. The summed E-state index contributed by atoms with van der Waals surface area (Å²) in [4.78, 5) is 4.18. The van der Waals surface area contributed by atoms with Crippen LogP contribution in [0.3, 0.4) is 0 Å². The van der Waals surface area contributed by atoms with Crippen molar-refractivity contribution in [3.05, 3.63) is 5.21 Å². The molecule has 2 unspecified atom stereocenters. The van der Waals surface area contributed by atoms with Gasteiger partial charge in [0.2, 0.25) is 0 Å². The molecule has 0 aromatic heterocycles. The molecule has 8 heavy (non-hydrogen) atoms. The van der Waals surface area contributed by atoms with E-state index in [-0.39, 0.29) is 6.54 Å². The summed E-state index contributed by atoms with van der Waals surface area (Å²) < 4.78 is 0. The molecule has 4 N–H and O–H groups in total. The average molecular weight is 122 g/mol. The van der Waals surface area contributed by atoms with Gasteiger partial charge in [0.1, 0.15) is 12.6 Å². The van der Waals surface area contributed by atoms with Crippen molar-refractivity contribution >= 4 is 0 Å². The summed E-state index contributed by atoms with van der Waals surface area (Å²) in [6.45, 7) is 1.55. The third-order valence-corrected chi connectivity index (χ3v) is 0.694. The van der Waals surface area contributed by atoms with Gasteiger partial charge < -0.3 is 5.21 Å². The van der Waals surface area contributed by atoms with E-state index in [0.717, 1.165) is 0 Å². The molecule has 0 fully saturated rings. The lowest BCUT2D eigenvalue weighted by Gasteiger charge is -2.14. The van der Waals surface area contributed by atoms with E-state index in [1.54, 1.807) is 6.92 Å². The molecule has 0 aromatic rings. The van der Waals surface area contributed by atoms with Crippen molar-refractivity contribution in [3.8, 4) is 0 Å². The molecule has 0 spiro atoms. The Morgan fingerprint density at radius 2 is 2.50 bits per heavy atom. The van der Waals surface area contributed by atoms with E-state index < -0.39 is 11.3 Å². The van der Waals surface area contributed by atoms with Gasteiger partial charge in [-0.2, -0.15) is 0 Å². The molecule has 0 rings (SSSR count). The van der Waals surface area contributed by atoms with Crippen LogP contribution in [0.2, 0.25) is 0 Å². The Morgan fingerprint density at radius 3 is 2.62 bits per heavy atom. The monoisotopic (exact) mass is 122 g/mol. The van der Waals surface area contributed by atoms with Crippen LogP contribution in [0.5, 0.6) is 0 Å². The zero-order chi connectivity index (χ0) is 6.57. The second kappa shape index (κ2) is 3.76. The molecule has 0 aliphatic heterocycles. The van der Waals surface area contributed by atoms with Crippen molar-refractivity contribution in [1.29, 1.82) is 0 Å². The zero-order valence-electron chi connectivity index (χ0n) is 4.63. The fraction of sp³-hybridized carbons (Fsp3) is 1.00. The van der Waals surface area contributed by atoms with Gasteiger partial charge in [0.15, 0.2) is 0 Å². The van der Waals surface area contributed by atoms with Crippen LogP contribution in [0.15, 0.2) is 0 Å². The Morgan fingerprint density at radius 1 is 2.00 bits per heavy atom. The van der Waals surface area contributed by atoms with E-state index >= 15 is 0 Å². The van der Waals surface area contributed by atoms with E-state index in [4.69, 9.17) is 5.21 Å². The largest absolute Gasteiger partial charge is 0.600 e. The van der Waals surface area contributed by atoms with Crippen molar-refractivity contribution in [2.45, 2.75) is 13.0 Å². The number of hydrogen-bond acceptors (Lipinski definition) is 4. The number of rotatable bonds is 3. The molecular formula is C3H10N2O3. The average Bonchev–Trinajstić information content (AvgIpc) is 1.65. The van der Waals surface area contributed by atoms with Crippen LogP contribution < -0.4 is 11.1 Å². The molecule has 0 aromatic carbocycles. The highest BCUT2D eigenvalue weighted by atomic mass is 16.8. The summed E-state index contributed by atoms with van der Waals surface area (Å²) in [5, 5.41) is 17.0. The minimum Gasteiger partial charge on any atom is -0.600 e. The summed E-state index contributed by atoms with van der Waals surface area (Å²) in [6, 6.07) is 0. The first-order chi connectivity index (χ1) is 3.66. The molecule has 0 aliphatic rings. The minimum atomic E-state index is -0.900. The second-order valence-electron chi connectivity index (χ2n) is 1.54. The molecule has 0 saturated heterocycles. The predicted octanol–water partition coefficient (Wildman–Crippen LogP) is -1.96. The lowest BCUT2D eigenvalue weighted by atomic mass is 10.4. The summed E-state index contributed by atoms with van der Waals surface area (Å²) in [5.74, 6) is 4.66. The first-order valence-corrected chi connectivity index (χ1v) is 2.24. The molecule has 5 nitrogen and oxygen atoms in total. The molecule has 50 valence electrons. The van der Waals surface area contributed by atoms with Crippen LogP contribution in [-0.2, 0) is 4.84 Å². The fourth-order valence-corrected chi connectivity index (χ4v) is 0.294. The molecule has 0 amide bonds. The first-order valence-electron chi connectivity index (χ1n) is 2.24. The maximum Gasteiger partial charge on any atom is 0.135 e. The molecule has 0 aliphatic carbocycles. The van der Waals surface area contributed by atoms with Crippen LogP contribution >= 0.6 is 0 Å². The van der Waals surface area contributed by atoms with Crippen molar-refractivity contribution in [2.24, 2.45) is 5.90 Å². The van der Waals surface area contributed by atoms with E-state index in [1.165, 1.54) is 0 Å². The molecule has 0 saturated carbocycles. The molecule has 5 heteroatoms. The molecule has 0 radical (unpaired) electrons. The highest BCUT2D eigenvalue weighted by molar-refractivity contribution is 4.38. The van der Waals surface area contributed by atoms with Crippen molar-refractivity contribution < 1.29 is 15.3 Å². The maximum absolute atomic E-state index is 9.83. The Bertz CT molecular complexity index is 58.5. The van der Waals surface area contributed by atoms with Crippen molar-refractivity contribution in [1.82, 2.24) is 0 Å². The van der Waals surface area contributed by atoms with Gasteiger partial charge in [-0.1, -0.05) is 0 Å². The van der Waals surface area contributed by atoms with Gasteiger partial charge in [-0.25, -0.2) is 16.3 Å². The lowest BCUT2D eigenvalue weighted by Crippen LogP contribution is -3.05. The van der Waals surface area contributed by atoms with E-state index in [2.05, 4.69) is 10.7 Å². The van der Waals surface area contributed by atoms with Gasteiger partial charge in [0, 0.05) is 0 Å². The third kappa shape index (κ3) is 3.97. The number of nitrogens with two attached hydrogens (primary N) is 1. The molecule has 2 atom stereocenters. The Labute approximate surface area is 47.1 Å². The van der Waals surface area contributed by atoms with Crippen LogP contribution in [0.4, 0.5) is 0 Å². The van der Waals surface area contributed by atoms with E-state index in [0.29, 0.717) is 0 Å². The quantitative estimate of drug-likeness (QED) is 0.379. The maximum atomic E-state index is 9.83. The fourth-order valence-electron chi connectivity index (χ4n) is 0.294. The molecule has 0 bridgehead atoms. The van der Waals surface area contributed by atoms with Gasteiger partial charge in [0.25, 0.3) is 0 Å². The van der Waals surface area contributed by atoms with Crippen LogP contribution in [-0.4, -0.2) is 17.9 Å². The third-order valence-electron chi connectivity index (χ3n) is 0.694. The van der Waals surface area contributed by atoms with Gasteiger partial charge in [-0.3, -0.25) is 4.84 Å². The SMILES string of the molecule is CC(C[NH+]([O-])O)ON. The standard InChI is InChI=1S/C3H10N2O3/c1-3(8-4)2-5(6)7/h3,5-6H,2,4H2,1H3. The zero-order valence-corrected chi connectivity index (χ0v) is 4.63. The molecule has 0 heterocycles. The van der Waals surface area contributed by atoms with Gasteiger partial charge in [-0.05, 0) is 6.92 Å². The van der Waals surface area contributed by atoms with Gasteiger partial charge in [0.05, 0.1) is 0 Å². The van der Waals surface area contributed by atoms with Crippen molar-refractivity contribution in [3.63, 3.8) is 0 Å². The predicted molar refractivity (Wildman–Crippen MR) is 25.7 cm³/mol. The van der Waals surface area contributed by atoms with Crippen LogP contribution in [0.25, 0.3) is 0 Å². The smallest absolute Gasteiger partial charge is 0.135 e. The Hall–Kier alpha value is -0.200. The summed E-state index contributed by atoms with van der Waals surface area (Å²) in [5.41, 5.74) is 0. The highest BCUT2D eigenvalue weighted by Crippen LogP contribution is 1.75. The van der Waals surface area contributed by atoms with Gasteiger partial charge >= 0.3 is 0 Å². The van der Waals surface area contributed by atoms with Crippen LogP contribution in [0.1, 0.15) is 6.92 Å². The topological polar surface area (TPSA) is 83.0 Å². The minimum absolute atomic E-state index is 0.0451. The second-order valence-corrected chi connectivity index (χ2v) is 1.54. The summed E-state index contributed by atoms with van der Waals surface area (Å²) in [7, 11) is 0. The Balaban J connectivity index is 3.10. The number of nitrogens with one attached hydrogen (secondary N) is 1. The molecular weight excluding hydrogens is 112 g/mol. The Kier molecular flexibility index (Phi) is 3.67. The highest BCUT2D eigenvalue weighted by Gasteiger charge is 2.02. The summed E-state index contributed by atoms with van der Waals surface area (Å²) in [6.07, 6.45) is -0.396. The first kappa shape index (κ1) is 7.80. The number of hydroxylamine groups is 2. The van der Waals surface area contributed by atoms with Crippen molar-refractivity contribution in [2.75, 3.05) is 6.54 Å². The number of quaternary nitrogens is 1.